The molecule has 0 aliphatic heterocycles. The molecule has 0 aromatic heterocycles. The van der Waals surface area contributed by atoms with Crippen LogP contribution in [-0.4, -0.2) is 18.1 Å². The Bertz CT molecular complexity index is 321. The van der Waals surface area contributed by atoms with Gasteiger partial charge in [-0.1, -0.05) is 104 Å². The van der Waals surface area contributed by atoms with Crippen LogP contribution in [0.5, 0.6) is 0 Å². The maximum atomic E-state index is 11.6. The van der Waals surface area contributed by atoms with Gasteiger partial charge in [0.25, 0.3) is 0 Å². The molecule has 0 heterocycles. The monoisotopic (exact) mass is 378 g/mol. The average molecular weight is 379 g/mol. The highest BCUT2D eigenvalue weighted by Crippen LogP contribution is 2.43. The molecule has 1 unspecified atom stereocenters. The van der Waals surface area contributed by atoms with E-state index in [1.54, 1.807) is 0 Å². The van der Waals surface area contributed by atoms with Gasteiger partial charge in [-0.05, 0) is 12.3 Å². The van der Waals surface area contributed by atoms with Crippen LogP contribution in [0.1, 0.15) is 111 Å². The lowest BCUT2D eigenvalue weighted by Crippen LogP contribution is -2.03. The second-order valence-corrected chi connectivity index (χ2v) is 9.04. The summed E-state index contributed by atoms with van der Waals surface area (Å²) in [5.41, 5.74) is 0. The molecule has 0 fully saturated rings. The van der Waals surface area contributed by atoms with Crippen molar-refractivity contribution < 1.29 is 18.5 Å². The Kier molecular flexibility index (Phi) is 17.6. The first-order chi connectivity index (χ1) is 12.0. The minimum Gasteiger partial charge on any atom is -0.302 e. The van der Waals surface area contributed by atoms with Crippen molar-refractivity contribution >= 4 is 7.82 Å². The lowest BCUT2D eigenvalue weighted by molar-refractivity contribution is 0.135. The molecular formula is C20H43O4P. The van der Waals surface area contributed by atoms with Crippen LogP contribution in [0.3, 0.4) is 0 Å². The summed E-state index contributed by atoms with van der Waals surface area (Å²) >= 11 is 0. The van der Waals surface area contributed by atoms with Crippen LogP contribution in [-0.2, 0) is 13.6 Å². The summed E-state index contributed by atoms with van der Waals surface area (Å²) in [7, 11) is -3.83. The topological polar surface area (TPSA) is 55.8 Å². The van der Waals surface area contributed by atoms with E-state index in [2.05, 4.69) is 6.92 Å². The maximum absolute atomic E-state index is 11.6. The second-order valence-electron chi connectivity index (χ2n) is 7.59. The molecule has 0 aliphatic rings. The van der Waals surface area contributed by atoms with Gasteiger partial charge < -0.3 is 4.89 Å². The lowest BCUT2D eigenvalue weighted by Gasteiger charge is -2.13. The van der Waals surface area contributed by atoms with Gasteiger partial charge in [0, 0.05) is 0 Å². The van der Waals surface area contributed by atoms with Crippen molar-refractivity contribution in [2.24, 2.45) is 5.92 Å². The zero-order valence-electron chi connectivity index (χ0n) is 17.0. The van der Waals surface area contributed by atoms with E-state index in [1.165, 1.54) is 77.0 Å². The maximum Gasteiger partial charge on any atom is 0.472 e. The molecule has 0 aliphatic carbocycles. The number of rotatable bonds is 19. The first kappa shape index (κ1) is 25.1. The van der Waals surface area contributed by atoms with E-state index in [9.17, 15) is 9.46 Å². The van der Waals surface area contributed by atoms with Crippen LogP contribution in [0.4, 0.5) is 0 Å². The third-order valence-corrected chi connectivity index (χ3v) is 5.31. The van der Waals surface area contributed by atoms with Crippen LogP contribution in [0.15, 0.2) is 0 Å². The zero-order chi connectivity index (χ0) is 18.8. The van der Waals surface area contributed by atoms with Gasteiger partial charge in [0.2, 0.25) is 0 Å². The zero-order valence-corrected chi connectivity index (χ0v) is 17.9. The lowest BCUT2D eigenvalue weighted by atomic mass is 10.0. The van der Waals surface area contributed by atoms with Crippen molar-refractivity contribution in [3.05, 3.63) is 0 Å². The molecule has 1 atom stereocenters. The highest BCUT2D eigenvalue weighted by atomic mass is 31.2. The minimum atomic E-state index is -3.83. The molecule has 0 amide bonds. The van der Waals surface area contributed by atoms with Crippen molar-refractivity contribution in [3.8, 4) is 0 Å². The summed E-state index contributed by atoms with van der Waals surface area (Å²) in [5.74, 6) is 0.227. The predicted molar refractivity (Wildman–Crippen MR) is 107 cm³/mol. The van der Waals surface area contributed by atoms with Gasteiger partial charge >= 0.3 is 7.82 Å². The van der Waals surface area contributed by atoms with E-state index in [4.69, 9.17) is 9.05 Å². The van der Waals surface area contributed by atoms with E-state index in [0.717, 1.165) is 12.8 Å². The minimum absolute atomic E-state index is 0.227. The highest BCUT2D eigenvalue weighted by Gasteiger charge is 2.20. The second kappa shape index (κ2) is 17.5. The first-order valence-corrected chi connectivity index (χ1v) is 12.1. The van der Waals surface area contributed by atoms with Crippen molar-refractivity contribution in [2.75, 3.05) is 13.2 Å². The van der Waals surface area contributed by atoms with E-state index in [-0.39, 0.29) is 12.5 Å². The number of phosphoric ester groups is 1. The van der Waals surface area contributed by atoms with Crippen LogP contribution >= 0.6 is 7.82 Å². The third-order valence-electron chi connectivity index (χ3n) is 4.32. The van der Waals surface area contributed by atoms with Crippen molar-refractivity contribution in [2.45, 2.75) is 111 Å². The van der Waals surface area contributed by atoms with Crippen molar-refractivity contribution in [1.29, 1.82) is 0 Å². The fourth-order valence-corrected chi connectivity index (χ4v) is 3.68. The molecule has 5 heteroatoms. The van der Waals surface area contributed by atoms with E-state index in [0.29, 0.717) is 6.61 Å². The predicted octanol–water partition coefficient (Wildman–Crippen LogP) is 7.26. The van der Waals surface area contributed by atoms with Gasteiger partial charge in [-0.15, -0.1) is 0 Å². The van der Waals surface area contributed by atoms with Crippen molar-refractivity contribution in [3.63, 3.8) is 0 Å². The summed E-state index contributed by atoms with van der Waals surface area (Å²) in [6.07, 6.45) is 18.1. The van der Waals surface area contributed by atoms with E-state index in [1.807, 2.05) is 13.8 Å². The number of phosphoric acid groups is 1. The van der Waals surface area contributed by atoms with E-state index >= 15 is 0 Å². The van der Waals surface area contributed by atoms with Crippen LogP contribution in [0.25, 0.3) is 0 Å². The molecule has 25 heavy (non-hydrogen) atoms. The molecule has 0 rings (SSSR count). The van der Waals surface area contributed by atoms with Crippen LogP contribution in [0.2, 0.25) is 0 Å². The fourth-order valence-electron chi connectivity index (χ4n) is 2.76. The molecule has 0 radical (unpaired) electrons. The van der Waals surface area contributed by atoms with Gasteiger partial charge in [-0.2, -0.15) is 0 Å². The Morgan fingerprint density at radius 3 is 1.52 bits per heavy atom. The summed E-state index contributed by atoms with van der Waals surface area (Å²) in [6, 6.07) is 0. The largest absolute Gasteiger partial charge is 0.472 e. The molecule has 0 saturated carbocycles. The van der Waals surface area contributed by atoms with Crippen LogP contribution in [0, 0.1) is 5.92 Å². The first-order valence-electron chi connectivity index (χ1n) is 10.6. The van der Waals surface area contributed by atoms with Crippen LogP contribution < -0.4 is 0 Å². The molecular weight excluding hydrogens is 335 g/mol. The molecule has 0 saturated heterocycles. The Morgan fingerprint density at radius 1 is 0.720 bits per heavy atom. The summed E-state index contributed by atoms with van der Waals surface area (Å²) < 4.78 is 21.4. The molecule has 0 aromatic carbocycles. The van der Waals surface area contributed by atoms with Gasteiger partial charge in [0.05, 0.1) is 13.2 Å². The highest BCUT2D eigenvalue weighted by molar-refractivity contribution is 7.47. The quantitative estimate of drug-likeness (QED) is 0.190. The Morgan fingerprint density at radius 2 is 1.12 bits per heavy atom. The third kappa shape index (κ3) is 20.3. The molecule has 0 bridgehead atoms. The van der Waals surface area contributed by atoms with Gasteiger partial charge in [-0.25, -0.2) is 4.57 Å². The van der Waals surface area contributed by atoms with Gasteiger partial charge in [-0.3, -0.25) is 9.05 Å². The van der Waals surface area contributed by atoms with Gasteiger partial charge in [0.1, 0.15) is 0 Å². The number of hydrogen-bond acceptors (Lipinski definition) is 3. The SMILES string of the molecule is CCCCCCCCCCCCCCCCOP(=O)(O)OCC(C)C. The number of hydrogen-bond donors (Lipinski definition) is 1. The molecule has 4 nitrogen and oxygen atoms in total. The Labute approximate surface area is 156 Å². The average Bonchev–Trinajstić information content (AvgIpc) is 2.56. The van der Waals surface area contributed by atoms with Gasteiger partial charge in [0.15, 0.2) is 0 Å². The Hall–Kier alpha value is 0.110. The fraction of sp³-hybridized carbons (Fsp3) is 1.00. The summed E-state index contributed by atoms with van der Waals surface area (Å²) in [5, 5.41) is 0. The molecule has 0 spiro atoms. The normalized spacial score (nSPS) is 14.1. The standard InChI is InChI=1S/C20H43O4P/c1-4-5-6-7-8-9-10-11-12-13-14-15-16-17-18-23-25(21,22)24-19-20(2)3/h20H,4-19H2,1-3H3,(H,21,22). The number of unbranched alkanes of at least 4 members (excludes halogenated alkanes) is 13. The Balaban J connectivity index is 3.22. The summed E-state index contributed by atoms with van der Waals surface area (Å²) in [6.45, 7) is 6.71. The van der Waals surface area contributed by atoms with E-state index < -0.39 is 7.82 Å². The molecule has 0 aromatic rings. The van der Waals surface area contributed by atoms with Crippen molar-refractivity contribution in [1.82, 2.24) is 0 Å². The summed E-state index contributed by atoms with van der Waals surface area (Å²) in [4.78, 5) is 9.48. The smallest absolute Gasteiger partial charge is 0.302 e. The molecule has 152 valence electrons. The molecule has 1 N–H and O–H groups in total.